The maximum atomic E-state index is 12.8. The van der Waals surface area contributed by atoms with Crippen molar-refractivity contribution in [2.45, 2.75) is 57.2 Å². The van der Waals surface area contributed by atoms with E-state index in [1.807, 2.05) is 20.8 Å². The van der Waals surface area contributed by atoms with Crippen LogP contribution in [0.5, 0.6) is 0 Å². The molecule has 2 unspecified atom stereocenters. The number of H-pyrrole nitrogens is 1. The number of hydrogen-bond donors (Lipinski definition) is 3. The van der Waals surface area contributed by atoms with Gasteiger partial charge in [0.15, 0.2) is 0 Å². The third-order valence-corrected chi connectivity index (χ3v) is 5.84. The van der Waals surface area contributed by atoms with Gasteiger partial charge in [0.2, 0.25) is 10.0 Å². The minimum absolute atomic E-state index is 0.156. The zero-order chi connectivity index (χ0) is 15.7. The Hall–Kier alpha value is -0.960. The Balaban J connectivity index is 2.29. The monoisotopic (exact) mass is 316 g/mol. The Bertz CT molecular complexity index is 599. The van der Waals surface area contributed by atoms with Gasteiger partial charge in [0.05, 0.1) is 23.0 Å². The summed E-state index contributed by atoms with van der Waals surface area (Å²) >= 11 is 0. The fourth-order valence-corrected chi connectivity index (χ4v) is 4.38. The van der Waals surface area contributed by atoms with E-state index in [1.165, 1.54) is 0 Å². The second-order valence-electron chi connectivity index (χ2n) is 5.69. The van der Waals surface area contributed by atoms with Gasteiger partial charge in [-0.2, -0.15) is 5.10 Å². The van der Waals surface area contributed by atoms with Gasteiger partial charge < -0.3 is 10.1 Å². The van der Waals surface area contributed by atoms with E-state index in [2.05, 4.69) is 20.2 Å². The number of hydrogen-bond acceptors (Lipinski definition) is 5. The van der Waals surface area contributed by atoms with Crippen molar-refractivity contribution in [3.8, 4) is 0 Å². The number of rotatable bonds is 6. The third-order valence-electron chi connectivity index (χ3n) is 4.03. The number of nitrogens with one attached hydrogen (secondary N) is 3. The molecule has 7 nitrogen and oxygen atoms in total. The van der Waals surface area contributed by atoms with Crippen LogP contribution < -0.4 is 10.0 Å². The van der Waals surface area contributed by atoms with Crippen molar-refractivity contribution in [2.24, 2.45) is 0 Å². The van der Waals surface area contributed by atoms with Gasteiger partial charge in [-0.25, -0.2) is 13.1 Å². The highest BCUT2D eigenvalue weighted by molar-refractivity contribution is 7.89. The van der Waals surface area contributed by atoms with Crippen LogP contribution in [0.25, 0.3) is 0 Å². The van der Waals surface area contributed by atoms with E-state index < -0.39 is 15.6 Å². The van der Waals surface area contributed by atoms with Crippen molar-refractivity contribution in [3.63, 3.8) is 0 Å². The van der Waals surface area contributed by atoms with Crippen molar-refractivity contribution in [1.29, 1.82) is 0 Å². The number of aryl methyl sites for hydroxylation is 1. The van der Waals surface area contributed by atoms with Gasteiger partial charge >= 0.3 is 0 Å². The lowest BCUT2D eigenvalue weighted by molar-refractivity contribution is 0.0957. The lowest BCUT2D eigenvalue weighted by Gasteiger charge is -2.28. The quantitative estimate of drug-likeness (QED) is 0.717. The number of sulfonamides is 1. The van der Waals surface area contributed by atoms with Crippen molar-refractivity contribution in [1.82, 2.24) is 20.2 Å². The molecule has 2 heterocycles. The fraction of sp³-hybridized carbons (Fsp3) is 0.769. The van der Waals surface area contributed by atoms with Crippen LogP contribution in [0, 0.1) is 6.92 Å². The van der Waals surface area contributed by atoms with Gasteiger partial charge in [0, 0.05) is 13.2 Å². The molecule has 0 amide bonds. The molecule has 2 rings (SSSR count). The Labute approximate surface area is 125 Å². The van der Waals surface area contributed by atoms with Crippen LogP contribution >= 0.6 is 0 Å². The second-order valence-corrected chi connectivity index (χ2v) is 7.31. The summed E-state index contributed by atoms with van der Waals surface area (Å²) < 4.78 is 33.8. The van der Waals surface area contributed by atoms with E-state index in [-0.39, 0.29) is 11.0 Å². The first-order chi connectivity index (χ1) is 9.80. The van der Waals surface area contributed by atoms with Crippen molar-refractivity contribution < 1.29 is 13.2 Å². The van der Waals surface area contributed by atoms with E-state index in [0.717, 1.165) is 6.54 Å². The zero-order valence-corrected chi connectivity index (χ0v) is 13.8. The number of nitrogens with zero attached hydrogens (tertiary/aromatic N) is 1. The Morgan fingerprint density at radius 3 is 2.81 bits per heavy atom. The van der Waals surface area contributed by atoms with Gasteiger partial charge in [-0.3, -0.25) is 5.10 Å². The van der Waals surface area contributed by atoms with Crippen LogP contribution in [-0.2, 0) is 21.3 Å². The fourth-order valence-electron chi connectivity index (χ4n) is 2.52. The molecule has 120 valence electrons. The molecule has 1 aromatic rings. The predicted molar refractivity (Wildman–Crippen MR) is 79.5 cm³/mol. The molecular formula is C13H24N4O3S. The first-order valence-corrected chi connectivity index (χ1v) is 8.68. The largest absolute Gasteiger partial charge is 0.376 e. The van der Waals surface area contributed by atoms with Gasteiger partial charge in [0.25, 0.3) is 0 Å². The van der Waals surface area contributed by atoms with Crippen molar-refractivity contribution in [2.75, 3.05) is 13.2 Å². The molecule has 0 aromatic carbocycles. The minimum Gasteiger partial charge on any atom is -0.376 e. The summed E-state index contributed by atoms with van der Waals surface area (Å²) in [5, 5.41) is 9.96. The van der Waals surface area contributed by atoms with E-state index in [4.69, 9.17) is 4.74 Å². The van der Waals surface area contributed by atoms with Crippen LogP contribution in [0.1, 0.15) is 38.6 Å². The van der Waals surface area contributed by atoms with Gasteiger partial charge in [-0.1, -0.05) is 6.92 Å². The summed E-state index contributed by atoms with van der Waals surface area (Å²) in [6.45, 7) is 9.17. The van der Waals surface area contributed by atoms with Gasteiger partial charge in [-0.05, 0) is 33.7 Å². The topological polar surface area (TPSA) is 96.1 Å². The number of aromatic amines is 1. The highest BCUT2D eigenvalue weighted by Gasteiger charge is 2.41. The Morgan fingerprint density at radius 2 is 2.24 bits per heavy atom. The average molecular weight is 316 g/mol. The molecule has 0 bridgehead atoms. The highest BCUT2D eigenvalue weighted by atomic mass is 32.2. The molecule has 1 fully saturated rings. The summed E-state index contributed by atoms with van der Waals surface area (Å²) in [6, 6.07) is 0. The maximum Gasteiger partial charge on any atom is 0.244 e. The zero-order valence-electron chi connectivity index (χ0n) is 13.0. The first kappa shape index (κ1) is 16.4. The Morgan fingerprint density at radius 1 is 1.52 bits per heavy atom. The summed E-state index contributed by atoms with van der Waals surface area (Å²) in [7, 11) is -3.65. The van der Waals surface area contributed by atoms with E-state index in [1.54, 1.807) is 6.92 Å². The standard InChI is InChI=1S/C13H24N4O3S/c1-5-14-8-11-12(9(2)15-16-11)21(18,19)17-13(4)6-7-20-10(13)3/h10,14,17H,5-8H2,1-4H3,(H,15,16). The number of ether oxygens (including phenoxy) is 1. The number of aromatic nitrogens is 2. The van der Waals surface area contributed by atoms with Gasteiger partial charge in [0.1, 0.15) is 4.90 Å². The van der Waals surface area contributed by atoms with Crippen LogP contribution in [0.3, 0.4) is 0 Å². The third kappa shape index (κ3) is 3.28. The SMILES string of the molecule is CCNCc1n[nH]c(C)c1S(=O)(=O)NC1(C)CCOC1C. The Kier molecular flexibility index (Phi) is 4.72. The molecule has 21 heavy (non-hydrogen) atoms. The van der Waals surface area contributed by atoms with Crippen molar-refractivity contribution in [3.05, 3.63) is 11.4 Å². The first-order valence-electron chi connectivity index (χ1n) is 7.20. The maximum absolute atomic E-state index is 12.8. The van der Waals surface area contributed by atoms with Crippen LogP contribution in [0.2, 0.25) is 0 Å². The molecule has 0 radical (unpaired) electrons. The molecule has 0 spiro atoms. The molecule has 0 saturated carbocycles. The predicted octanol–water partition coefficient (Wildman–Crippen LogP) is 0.673. The van der Waals surface area contributed by atoms with Gasteiger partial charge in [-0.15, -0.1) is 0 Å². The summed E-state index contributed by atoms with van der Waals surface area (Å²) in [5.74, 6) is 0. The highest BCUT2D eigenvalue weighted by Crippen LogP contribution is 2.28. The van der Waals surface area contributed by atoms with E-state index in [0.29, 0.717) is 31.0 Å². The molecule has 1 aliphatic heterocycles. The molecular weight excluding hydrogens is 292 g/mol. The molecule has 3 N–H and O–H groups in total. The van der Waals surface area contributed by atoms with Crippen LogP contribution in [0.15, 0.2) is 4.90 Å². The second kappa shape index (κ2) is 6.04. The van der Waals surface area contributed by atoms with Crippen molar-refractivity contribution >= 4 is 10.0 Å². The smallest absolute Gasteiger partial charge is 0.244 e. The normalized spacial score (nSPS) is 26.4. The lowest BCUT2D eigenvalue weighted by Crippen LogP contribution is -2.50. The lowest BCUT2D eigenvalue weighted by atomic mass is 9.97. The molecule has 2 atom stereocenters. The van der Waals surface area contributed by atoms with E-state index >= 15 is 0 Å². The molecule has 0 aliphatic carbocycles. The van der Waals surface area contributed by atoms with Crippen LogP contribution in [-0.4, -0.2) is 43.4 Å². The average Bonchev–Trinajstić information content (AvgIpc) is 2.91. The molecule has 1 saturated heterocycles. The molecule has 8 heteroatoms. The summed E-state index contributed by atoms with van der Waals surface area (Å²) in [4.78, 5) is 0.240. The van der Waals surface area contributed by atoms with E-state index in [9.17, 15) is 8.42 Å². The summed E-state index contributed by atoms with van der Waals surface area (Å²) in [5.41, 5.74) is 0.473. The molecule has 1 aromatic heterocycles. The minimum atomic E-state index is -3.65. The summed E-state index contributed by atoms with van der Waals surface area (Å²) in [6.07, 6.45) is 0.504. The molecule has 1 aliphatic rings. The van der Waals surface area contributed by atoms with Crippen LogP contribution in [0.4, 0.5) is 0 Å².